The molecule has 1 amide bonds. The van der Waals surface area contributed by atoms with E-state index < -0.39 is 24.1 Å². The highest BCUT2D eigenvalue weighted by Gasteiger charge is 2.31. The molecule has 3 rings (SSSR count). The van der Waals surface area contributed by atoms with Gasteiger partial charge in [-0.05, 0) is 37.3 Å². The molecule has 0 fully saturated rings. The molecule has 0 aliphatic carbocycles. The van der Waals surface area contributed by atoms with Crippen LogP contribution in [-0.4, -0.2) is 30.7 Å². The topological polar surface area (TPSA) is 73.9 Å². The van der Waals surface area contributed by atoms with Crippen molar-refractivity contribution in [3.63, 3.8) is 0 Å². The largest absolute Gasteiger partial charge is 0.485 e. The Morgan fingerprint density at radius 1 is 1.15 bits per heavy atom. The predicted octanol–water partition coefficient (Wildman–Crippen LogP) is 3.70. The van der Waals surface area contributed by atoms with Gasteiger partial charge in [-0.3, -0.25) is 4.79 Å². The summed E-state index contributed by atoms with van der Waals surface area (Å²) in [5, 5.41) is 3.35. The van der Waals surface area contributed by atoms with E-state index in [2.05, 4.69) is 5.32 Å². The van der Waals surface area contributed by atoms with Crippen LogP contribution in [0, 0.1) is 0 Å². The number of carbonyl (C=O) groups excluding carboxylic acids is 2. The Bertz CT molecular complexity index is 822. The normalized spacial score (nSPS) is 16.5. The maximum absolute atomic E-state index is 12.2. The summed E-state index contributed by atoms with van der Waals surface area (Å²) < 4.78 is 16.2. The molecule has 0 saturated heterocycles. The molecule has 2 unspecified atom stereocenters. The smallest absolute Gasteiger partial charge is 0.351 e. The molecule has 0 radical (unpaired) electrons. The van der Waals surface area contributed by atoms with Gasteiger partial charge in [-0.2, -0.15) is 0 Å². The third kappa shape index (κ3) is 4.39. The minimum atomic E-state index is -1.04. The van der Waals surface area contributed by atoms with Gasteiger partial charge in [0.25, 0.3) is 5.91 Å². The molecule has 6 nitrogen and oxygen atoms in total. The zero-order valence-corrected chi connectivity index (χ0v) is 15.2. The molecular formula is C18H15Cl2NO5. The molecule has 2 aromatic rings. The third-order valence-corrected chi connectivity index (χ3v) is 4.00. The number of hydrogen-bond acceptors (Lipinski definition) is 5. The van der Waals surface area contributed by atoms with Gasteiger partial charge in [0, 0.05) is 15.7 Å². The number of benzene rings is 2. The number of ether oxygens (including phenoxy) is 3. The van der Waals surface area contributed by atoms with Crippen molar-refractivity contribution in [1.29, 1.82) is 0 Å². The molecule has 0 saturated carbocycles. The number of nitrogens with one attached hydrogen (secondary N) is 1. The molecular weight excluding hydrogens is 381 g/mol. The number of anilines is 1. The summed E-state index contributed by atoms with van der Waals surface area (Å²) in [4.78, 5) is 24.4. The van der Waals surface area contributed by atoms with E-state index in [1.165, 1.54) is 19.1 Å². The number of carbonyl (C=O) groups is 2. The van der Waals surface area contributed by atoms with Crippen LogP contribution in [0.5, 0.6) is 11.5 Å². The van der Waals surface area contributed by atoms with E-state index in [1.807, 2.05) is 0 Å². The first-order valence-corrected chi connectivity index (χ1v) is 8.54. The van der Waals surface area contributed by atoms with Crippen molar-refractivity contribution in [2.75, 3.05) is 11.9 Å². The number of fused-ring (bicyclic) bond motifs is 1. The fraction of sp³-hybridized carbons (Fsp3) is 0.222. The van der Waals surface area contributed by atoms with Crippen molar-refractivity contribution < 1.29 is 23.8 Å². The van der Waals surface area contributed by atoms with E-state index in [1.54, 1.807) is 30.3 Å². The van der Waals surface area contributed by atoms with Crippen LogP contribution in [0.3, 0.4) is 0 Å². The number of esters is 1. The summed E-state index contributed by atoms with van der Waals surface area (Å²) in [6.07, 6.45) is -1.98. The van der Waals surface area contributed by atoms with Gasteiger partial charge in [-0.1, -0.05) is 35.3 Å². The molecule has 1 aliphatic heterocycles. The zero-order chi connectivity index (χ0) is 18.7. The second-order valence-corrected chi connectivity index (χ2v) is 6.46. The molecule has 0 bridgehead atoms. The first kappa shape index (κ1) is 18.4. The summed E-state index contributed by atoms with van der Waals surface area (Å²) in [7, 11) is 0. The van der Waals surface area contributed by atoms with Crippen LogP contribution in [0.1, 0.15) is 6.92 Å². The van der Waals surface area contributed by atoms with Crippen LogP contribution in [0.15, 0.2) is 42.5 Å². The number of rotatable bonds is 4. The molecule has 2 aromatic carbocycles. The van der Waals surface area contributed by atoms with Gasteiger partial charge in [0.15, 0.2) is 17.6 Å². The van der Waals surface area contributed by atoms with Crippen LogP contribution < -0.4 is 14.8 Å². The number of para-hydroxylation sites is 2. The highest BCUT2D eigenvalue weighted by Crippen LogP contribution is 2.31. The SMILES string of the molecule is CC(OC(=O)C1COc2ccccc2O1)C(=O)Nc1cc(Cl)cc(Cl)c1. The Kier molecular flexibility index (Phi) is 5.54. The zero-order valence-electron chi connectivity index (χ0n) is 13.7. The lowest BCUT2D eigenvalue weighted by molar-refractivity contribution is -0.162. The van der Waals surface area contributed by atoms with Crippen LogP contribution in [0.2, 0.25) is 10.0 Å². The molecule has 8 heteroatoms. The summed E-state index contributed by atoms with van der Waals surface area (Å²) >= 11 is 11.8. The van der Waals surface area contributed by atoms with E-state index in [-0.39, 0.29) is 6.61 Å². The predicted molar refractivity (Wildman–Crippen MR) is 97.0 cm³/mol. The van der Waals surface area contributed by atoms with Crippen molar-refractivity contribution in [1.82, 2.24) is 0 Å². The molecule has 26 heavy (non-hydrogen) atoms. The van der Waals surface area contributed by atoms with Gasteiger partial charge in [-0.15, -0.1) is 0 Å². The van der Waals surface area contributed by atoms with Gasteiger partial charge >= 0.3 is 5.97 Å². The van der Waals surface area contributed by atoms with Crippen molar-refractivity contribution in [2.24, 2.45) is 0 Å². The lowest BCUT2D eigenvalue weighted by Gasteiger charge is -2.25. The highest BCUT2D eigenvalue weighted by atomic mass is 35.5. The number of amides is 1. The first-order chi connectivity index (χ1) is 12.4. The lowest BCUT2D eigenvalue weighted by atomic mass is 10.2. The molecule has 136 valence electrons. The average molecular weight is 396 g/mol. The maximum Gasteiger partial charge on any atom is 0.351 e. The van der Waals surface area contributed by atoms with Crippen molar-refractivity contribution in [3.8, 4) is 11.5 Å². The van der Waals surface area contributed by atoms with Gasteiger partial charge in [0.1, 0.15) is 6.61 Å². The third-order valence-electron chi connectivity index (χ3n) is 3.56. The van der Waals surface area contributed by atoms with E-state index in [9.17, 15) is 9.59 Å². The fourth-order valence-corrected chi connectivity index (χ4v) is 2.84. The summed E-state index contributed by atoms with van der Waals surface area (Å²) in [6, 6.07) is 11.6. The maximum atomic E-state index is 12.2. The Morgan fingerprint density at radius 3 is 2.50 bits per heavy atom. The van der Waals surface area contributed by atoms with Gasteiger partial charge in [0.2, 0.25) is 6.10 Å². The van der Waals surface area contributed by atoms with Gasteiger partial charge in [0.05, 0.1) is 0 Å². The van der Waals surface area contributed by atoms with E-state index in [0.29, 0.717) is 27.2 Å². The van der Waals surface area contributed by atoms with Crippen molar-refractivity contribution >= 4 is 40.8 Å². The van der Waals surface area contributed by atoms with Crippen LogP contribution >= 0.6 is 23.2 Å². The van der Waals surface area contributed by atoms with E-state index >= 15 is 0 Å². The van der Waals surface area contributed by atoms with Crippen LogP contribution in [0.25, 0.3) is 0 Å². The van der Waals surface area contributed by atoms with E-state index in [4.69, 9.17) is 37.4 Å². The molecule has 2 atom stereocenters. The molecule has 1 aliphatic rings. The van der Waals surface area contributed by atoms with Crippen molar-refractivity contribution in [2.45, 2.75) is 19.1 Å². The number of halogens is 2. The Hall–Kier alpha value is -2.44. The molecule has 0 aromatic heterocycles. The monoisotopic (exact) mass is 395 g/mol. The average Bonchev–Trinajstić information content (AvgIpc) is 2.60. The number of hydrogen-bond donors (Lipinski definition) is 1. The summed E-state index contributed by atoms with van der Waals surface area (Å²) in [6.45, 7) is 1.46. The summed E-state index contributed by atoms with van der Waals surface area (Å²) in [5.41, 5.74) is 0.404. The van der Waals surface area contributed by atoms with Gasteiger partial charge < -0.3 is 19.5 Å². The Labute approximate surface area is 159 Å². The molecule has 1 N–H and O–H groups in total. The quantitative estimate of drug-likeness (QED) is 0.798. The van der Waals surface area contributed by atoms with E-state index in [0.717, 1.165) is 0 Å². The highest BCUT2D eigenvalue weighted by molar-refractivity contribution is 6.35. The molecule has 1 heterocycles. The summed E-state index contributed by atoms with van der Waals surface area (Å²) in [5.74, 6) is -0.202. The Balaban J connectivity index is 1.58. The van der Waals surface area contributed by atoms with Crippen molar-refractivity contribution in [3.05, 3.63) is 52.5 Å². The standard InChI is InChI=1S/C18H15Cl2NO5/c1-10(17(22)21-13-7-11(19)6-12(20)8-13)25-18(23)16-9-24-14-4-2-3-5-15(14)26-16/h2-8,10,16H,9H2,1H3,(H,21,22). The second-order valence-electron chi connectivity index (χ2n) is 5.59. The van der Waals surface area contributed by atoms with Crippen LogP contribution in [-0.2, 0) is 14.3 Å². The fourth-order valence-electron chi connectivity index (χ4n) is 2.31. The first-order valence-electron chi connectivity index (χ1n) is 7.78. The Morgan fingerprint density at radius 2 is 1.81 bits per heavy atom. The molecule has 0 spiro atoms. The second kappa shape index (κ2) is 7.85. The van der Waals surface area contributed by atoms with Gasteiger partial charge in [-0.25, -0.2) is 4.79 Å². The minimum Gasteiger partial charge on any atom is -0.485 e. The lowest BCUT2D eigenvalue weighted by Crippen LogP contribution is -2.41. The van der Waals surface area contributed by atoms with Crippen LogP contribution in [0.4, 0.5) is 5.69 Å². The minimum absolute atomic E-state index is 0.00802.